The molecule has 1 aromatic heterocycles. The van der Waals surface area contributed by atoms with Crippen LogP contribution >= 0.6 is 15.9 Å². The molecule has 5 nitrogen and oxygen atoms in total. The molecule has 0 fully saturated rings. The second-order valence-electron chi connectivity index (χ2n) is 4.21. The van der Waals surface area contributed by atoms with Crippen molar-refractivity contribution in [3.05, 3.63) is 46.9 Å². The highest BCUT2D eigenvalue weighted by Crippen LogP contribution is 2.28. The Morgan fingerprint density at radius 3 is 2.70 bits per heavy atom. The quantitative estimate of drug-likeness (QED) is 0.702. The van der Waals surface area contributed by atoms with Crippen LogP contribution < -0.4 is 5.73 Å². The van der Waals surface area contributed by atoms with Gasteiger partial charge in [0.15, 0.2) is 0 Å². The van der Waals surface area contributed by atoms with Crippen molar-refractivity contribution >= 4 is 21.6 Å². The highest BCUT2D eigenvalue weighted by atomic mass is 79.9. The molecular formula is C14H10BrN3O2. The zero-order chi connectivity index (χ0) is 14.1. The normalized spacial score (nSPS) is 10.7. The molecule has 0 bridgehead atoms. The van der Waals surface area contributed by atoms with Gasteiger partial charge in [0.2, 0.25) is 5.82 Å². The third-order valence-corrected chi connectivity index (χ3v) is 3.46. The number of aromatic nitrogens is 2. The number of rotatable bonds is 2. The van der Waals surface area contributed by atoms with Crippen LogP contribution in [0.25, 0.3) is 22.8 Å². The molecule has 0 amide bonds. The summed E-state index contributed by atoms with van der Waals surface area (Å²) in [5.41, 5.74) is 7.84. The monoisotopic (exact) mass is 331 g/mol. The van der Waals surface area contributed by atoms with Gasteiger partial charge in [0.25, 0.3) is 5.89 Å². The molecule has 0 spiro atoms. The SMILES string of the molecule is Nc1ccc(-c2nc(-c3cccc(O)c3)no2)cc1Br. The van der Waals surface area contributed by atoms with Crippen molar-refractivity contribution in [3.8, 4) is 28.6 Å². The third kappa shape index (κ3) is 2.37. The number of phenols is 1. The Morgan fingerprint density at radius 1 is 1.10 bits per heavy atom. The van der Waals surface area contributed by atoms with Crippen molar-refractivity contribution in [1.82, 2.24) is 10.1 Å². The Bertz CT molecular complexity index is 771. The number of nitrogens with two attached hydrogens (primary N) is 1. The second kappa shape index (κ2) is 4.97. The van der Waals surface area contributed by atoms with Gasteiger partial charge < -0.3 is 15.4 Å². The first kappa shape index (κ1) is 12.7. The van der Waals surface area contributed by atoms with E-state index in [2.05, 4.69) is 26.1 Å². The van der Waals surface area contributed by atoms with E-state index in [-0.39, 0.29) is 5.75 Å². The largest absolute Gasteiger partial charge is 0.508 e. The molecule has 3 N–H and O–H groups in total. The molecule has 0 saturated heterocycles. The van der Waals surface area contributed by atoms with Crippen LogP contribution in [0.3, 0.4) is 0 Å². The Hall–Kier alpha value is -2.34. The van der Waals surface area contributed by atoms with Crippen LogP contribution in [0.4, 0.5) is 5.69 Å². The van der Waals surface area contributed by atoms with Gasteiger partial charge in [-0.1, -0.05) is 17.3 Å². The number of phenolic OH excluding ortho intramolecular Hbond substituents is 1. The topological polar surface area (TPSA) is 85.2 Å². The van der Waals surface area contributed by atoms with E-state index < -0.39 is 0 Å². The van der Waals surface area contributed by atoms with Gasteiger partial charge in [0.05, 0.1) is 0 Å². The fourth-order valence-electron chi connectivity index (χ4n) is 1.76. The predicted octanol–water partition coefficient (Wildman–Crippen LogP) is 3.45. The highest BCUT2D eigenvalue weighted by Gasteiger charge is 2.11. The van der Waals surface area contributed by atoms with Crippen molar-refractivity contribution in [3.63, 3.8) is 0 Å². The number of hydrogen-bond donors (Lipinski definition) is 2. The molecule has 2 aromatic carbocycles. The lowest BCUT2D eigenvalue weighted by Gasteiger charge is -1.99. The molecule has 100 valence electrons. The van der Waals surface area contributed by atoms with Gasteiger partial charge in [-0.15, -0.1) is 0 Å². The van der Waals surface area contributed by atoms with Crippen LogP contribution in [0.1, 0.15) is 0 Å². The van der Waals surface area contributed by atoms with E-state index in [1.54, 1.807) is 36.4 Å². The Labute approximate surface area is 123 Å². The lowest BCUT2D eigenvalue weighted by molar-refractivity contribution is 0.432. The summed E-state index contributed by atoms with van der Waals surface area (Å²) >= 11 is 3.36. The summed E-state index contributed by atoms with van der Waals surface area (Å²) in [7, 11) is 0. The van der Waals surface area contributed by atoms with Crippen molar-refractivity contribution in [2.45, 2.75) is 0 Å². The van der Waals surface area contributed by atoms with E-state index in [9.17, 15) is 5.11 Å². The second-order valence-corrected chi connectivity index (χ2v) is 5.06. The van der Waals surface area contributed by atoms with Crippen LogP contribution in [0.2, 0.25) is 0 Å². The maximum atomic E-state index is 9.46. The number of aromatic hydroxyl groups is 1. The number of hydrogen-bond acceptors (Lipinski definition) is 5. The predicted molar refractivity (Wildman–Crippen MR) is 78.9 cm³/mol. The summed E-state index contributed by atoms with van der Waals surface area (Å²) in [6.45, 7) is 0. The molecule has 3 rings (SSSR count). The van der Waals surface area contributed by atoms with Crippen LogP contribution in [-0.4, -0.2) is 15.2 Å². The third-order valence-electron chi connectivity index (χ3n) is 2.78. The van der Waals surface area contributed by atoms with E-state index in [1.165, 1.54) is 0 Å². The summed E-state index contributed by atoms with van der Waals surface area (Å²) in [6, 6.07) is 12.1. The molecule has 3 aromatic rings. The lowest BCUT2D eigenvalue weighted by atomic mass is 10.2. The van der Waals surface area contributed by atoms with Gasteiger partial charge in [0.1, 0.15) is 5.75 Å². The van der Waals surface area contributed by atoms with Gasteiger partial charge in [-0.05, 0) is 46.3 Å². The van der Waals surface area contributed by atoms with E-state index in [0.717, 1.165) is 10.0 Å². The maximum Gasteiger partial charge on any atom is 0.258 e. The standard InChI is InChI=1S/C14H10BrN3O2/c15-11-7-9(4-5-12(11)16)14-17-13(18-20-14)8-2-1-3-10(19)6-8/h1-7,19H,16H2. The molecule has 1 heterocycles. The first-order chi connectivity index (χ1) is 9.63. The number of halogens is 1. The van der Waals surface area contributed by atoms with Crippen LogP contribution in [0.15, 0.2) is 51.5 Å². The molecule has 6 heteroatoms. The van der Waals surface area contributed by atoms with Gasteiger partial charge in [-0.3, -0.25) is 0 Å². The van der Waals surface area contributed by atoms with Gasteiger partial charge in [0, 0.05) is 21.3 Å². The van der Waals surface area contributed by atoms with Crippen LogP contribution in [-0.2, 0) is 0 Å². The molecule has 0 unspecified atom stereocenters. The minimum absolute atomic E-state index is 0.157. The minimum atomic E-state index is 0.157. The zero-order valence-electron chi connectivity index (χ0n) is 10.2. The van der Waals surface area contributed by atoms with E-state index in [1.807, 2.05) is 6.07 Å². The Kier molecular flexibility index (Phi) is 3.15. The first-order valence-corrected chi connectivity index (χ1v) is 6.61. The Balaban J connectivity index is 1.99. The van der Waals surface area contributed by atoms with E-state index in [4.69, 9.17) is 10.3 Å². The molecule has 0 aliphatic rings. The fourth-order valence-corrected chi connectivity index (χ4v) is 2.14. The maximum absolute atomic E-state index is 9.46. The molecule has 0 atom stereocenters. The number of benzene rings is 2. The first-order valence-electron chi connectivity index (χ1n) is 5.82. The average Bonchev–Trinajstić information content (AvgIpc) is 2.92. The summed E-state index contributed by atoms with van der Waals surface area (Å²) in [6.07, 6.45) is 0. The van der Waals surface area contributed by atoms with Crippen molar-refractivity contribution < 1.29 is 9.63 Å². The highest BCUT2D eigenvalue weighted by molar-refractivity contribution is 9.10. The van der Waals surface area contributed by atoms with Crippen molar-refractivity contribution in [1.29, 1.82) is 0 Å². The summed E-state index contributed by atoms with van der Waals surface area (Å²) < 4.78 is 6.01. The van der Waals surface area contributed by atoms with Gasteiger partial charge >= 0.3 is 0 Å². The number of nitrogens with zero attached hydrogens (tertiary/aromatic N) is 2. The molecule has 0 radical (unpaired) electrons. The molecule has 0 aliphatic carbocycles. The number of anilines is 1. The van der Waals surface area contributed by atoms with E-state index in [0.29, 0.717) is 23.0 Å². The molecule has 0 aliphatic heterocycles. The fraction of sp³-hybridized carbons (Fsp3) is 0. The lowest BCUT2D eigenvalue weighted by Crippen LogP contribution is -1.87. The molecular weight excluding hydrogens is 322 g/mol. The Morgan fingerprint density at radius 2 is 1.95 bits per heavy atom. The summed E-state index contributed by atoms with van der Waals surface area (Å²) in [5, 5.41) is 13.4. The minimum Gasteiger partial charge on any atom is -0.508 e. The zero-order valence-corrected chi connectivity index (χ0v) is 11.8. The molecule has 20 heavy (non-hydrogen) atoms. The summed E-state index contributed by atoms with van der Waals surface area (Å²) in [4.78, 5) is 4.31. The summed E-state index contributed by atoms with van der Waals surface area (Å²) in [5.74, 6) is 0.969. The van der Waals surface area contributed by atoms with Gasteiger partial charge in [-0.25, -0.2) is 0 Å². The number of nitrogen functional groups attached to an aromatic ring is 1. The van der Waals surface area contributed by atoms with Crippen LogP contribution in [0, 0.1) is 0 Å². The van der Waals surface area contributed by atoms with Crippen molar-refractivity contribution in [2.24, 2.45) is 0 Å². The van der Waals surface area contributed by atoms with Crippen molar-refractivity contribution in [2.75, 3.05) is 5.73 Å². The van der Waals surface area contributed by atoms with Crippen LogP contribution in [0.5, 0.6) is 5.75 Å². The smallest absolute Gasteiger partial charge is 0.258 e. The van der Waals surface area contributed by atoms with Gasteiger partial charge in [-0.2, -0.15) is 4.98 Å². The van der Waals surface area contributed by atoms with E-state index >= 15 is 0 Å². The molecule has 0 saturated carbocycles. The average molecular weight is 332 g/mol.